The van der Waals surface area contributed by atoms with Gasteiger partial charge in [0.15, 0.2) is 0 Å². The number of nitrogens with zero attached hydrogens (tertiary/aromatic N) is 2. The Balaban J connectivity index is 2.43. The number of pyridine rings is 1. The monoisotopic (exact) mass is 165 g/mol. The fourth-order valence-corrected chi connectivity index (χ4v) is 1.23. The Labute approximate surface area is 73.4 Å². The zero-order valence-corrected chi connectivity index (χ0v) is 7.24. The summed E-state index contributed by atoms with van der Waals surface area (Å²) >= 11 is 0. The van der Waals surface area contributed by atoms with E-state index >= 15 is 0 Å². The topological polar surface area (TPSA) is 25.4 Å². The molecular weight excluding hydrogens is 152 g/mol. The third-order valence-corrected chi connectivity index (χ3v) is 1.92. The molecule has 0 bridgehead atoms. The van der Waals surface area contributed by atoms with Gasteiger partial charge in [0.2, 0.25) is 5.88 Å². The van der Waals surface area contributed by atoms with Crippen LogP contribution < -0.4 is 9.64 Å². The van der Waals surface area contributed by atoms with E-state index < -0.39 is 6.58 Å². The van der Waals surface area contributed by atoms with Gasteiger partial charge in [-0.1, -0.05) is 0 Å². The number of likely N-dealkylation sites (N-methyl/N-ethyl adjacent to an activating group) is 1. The standard InChI is InChI=1S/C9H12N2O/c1-7-5-8-9(10-6-7)12-4-3-11(8)2/h5-6H,3-4H2,1-2H3/i4D. The lowest BCUT2D eigenvalue weighted by atomic mass is 10.2. The fourth-order valence-electron chi connectivity index (χ4n) is 1.23. The lowest BCUT2D eigenvalue weighted by Crippen LogP contribution is -2.29. The van der Waals surface area contributed by atoms with Crippen LogP contribution in [-0.2, 0) is 0 Å². The Morgan fingerprint density at radius 2 is 2.58 bits per heavy atom. The molecule has 0 aromatic carbocycles. The van der Waals surface area contributed by atoms with Crippen LogP contribution in [-0.4, -0.2) is 25.2 Å². The van der Waals surface area contributed by atoms with Crippen LogP contribution in [0.3, 0.4) is 0 Å². The Morgan fingerprint density at radius 1 is 1.75 bits per heavy atom. The summed E-state index contributed by atoms with van der Waals surface area (Å²) in [7, 11) is 1.95. The summed E-state index contributed by atoms with van der Waals surface area (Å²) in [6.07, 6.45) is 1.75. The zero-order valence-electron chi connectivity index (χ0n) is 8.24. The molecule has 3 nitrogen and oxygen atoms in total. The smallest absolute Gasteiger partial charge is 0.237 e. The first-order valence-electron chi connectivity index (χ1n) is 4.51. The second-order valence-electron chi connectivity index (χ2n) is 3.00. The first-order valence-corrected chi connectivity index (χ1v) is 3.93. The van der Waals surface area contributed by atoms with Crippen LogP contribution in [0.1, 0.15) is 6.93 Å². The Hall–Kier alpha value is -1.25. The van der Waals surface area contributed by atoms with Gasteiger partial charge in [-0.05, 0) is 18.6 Å². The van der Waals surface area contributed by atoms with Gasteiger partial charge in [-0.3, -0.25) is 0 Å². The first kappa shape index (κ1) is 6.29. The van der Waals surface area contributed by atoms with E-state index in [1.54, 1.807) is 6.20 Å². The third kappa shape index (κ3) is 1.11. The van der Waals surface area contributed by atoms with Crippen LogP contribution in [0.25, 0.3) is 0 Å². The van der Waals surface area contributed by atoms with Crippen LogP contribution in [0.4, 0.5) is 5.69 Å². The number of hydrogen-bond donors (Lipinski definition) is 0. The van der Waals surface area contributed by atoms with Gasteiger partial charge >= 0.3 is 0 Å². The van der Waals surface area contributed by atoms with E-state index in [0.717, 1.165) is 11.3 Å². The van der Waals surface area contributed by atoms with Crippen LogP contribution in [0.5, 0.6) is 5.88 Å². The van der Waals surface area contributed by atoms with Crippen molar-refractivity contribution in [2.24, 2.45) is 0 Å². The van der Waals surface area contributed by atoms with Gasteiger partial charge in [0.1, 0.15) is 6.58 Å². The molecule has 1 aromatic rings. The van der Waals surface area contributed by atoms with Crippen LogP contribution in [0.15, 0.2) is 12.3 Å². The summed E-state index contributed by atoms with van der Waals surface area (Å²) in [6, 6.07) is 2.02. The summed E-state index contributed by atoms with van der Waals surface area (Å²) in [5.41, 5.74) is 2.08. The number of aromatic nitrogens is 1. The van der Waals surface area contributed by atoms with Crippen molar-refractivity contribution in [1.29, 1.82) is 0 Å². The molecule has 1 atom stereocenters. The van der Waals surface area contributed by atoms with Crippen molar-refractivity contribution in [1.82, 2.24) is 4.98 Å². The molecule has 1 aromatic heterocycles. The predicted molar refractivity (Wildman–Crippen MR) is 47.7 cm³/mol. The van der Waals surface area contributed by atoms with Gasteiger partial charge in [0.25, 0.3) is 0 Å². The molecule has 1 unspecified atom stereocenters. The zero-order chi connectivity index (χ0) is 9.42. The number of anilines is 1. The van der Waals surface area contributed by atoms with Crippen molar-refractivity contribution in [3.8, 4) is 5.88 Å². The molecule has 1 aliphatic rings. The molecule has 0 saturated heterocycles. The molecule has 3 heteroatoms. The first-order chi connectivity index (χ1) is 6.16. The molecule has 0 saturated carbocycles. The average molecular weight is 165 g/mol. The number of fused-ring (bicyclic) bond motifs is 1. The summed E-state index contributed by atoms with van der Waals surface area (Å²) in [5, 5.41) is 0. The van der Waals surface area contributed by atoms with Gasteiger partial charge in [-0.25, -0.2) is 4.98 Å². The molecule has 2 rings (SSSR count). The predicted octanol–water partition coefficient (Wildman–Crippen LogP) is 1.22. The molecular formula is C9H12N2O. The molecule has 0 spiro atoms. The molecule has 1 aliphatic heterocycles. The maximum absolute atomic E-state index is 7.48. The molecule has 0 aliphatic carbocycles. The Bertz CT molecular complexity index is 329. The molecule has 0 radical (unpaired) electrons. The fraction of sp³-hybridized carbons (Fsp3) is 0.444. The number of ether oxygens (including phenoxy) is 1. The highest BCUT2D eigenvalue weighted by Gasteiger charge is 2.15. The van der Waals surface area contributed by atoms with Crippen LogP contribution in [0.2, 0.25) is 0 Å². The summed E-state index contributed by atoms with van der Waals surface area (Å²) in [4.78, 5) is 6.13. The second kappa shape index (κ2) is 2.66. The summed E-state index contributed by atoms with van der Waals surface area (Å²) in [6.45, 7) is 2.07. The van der Waals surface area contributed by atoms with E-state index in [1.807, 2.05) is 24.9 Å². The quantitative estimate of drug-likeness (QED) is 0.578. The van der Waals surface area contributed by atoms with Gasteiger partial charge in [-0.2, -0.15) is 0 Å². The van der Waals surface area contributed by atoms with E-state index in [9.17, 15) is 0 Å². The normalized spacial score (nSPS) is 22.7. The molecule has 2 heterocycles. The highest BCUT2D eigenvalue weighted by atomic mass is 16.5. The molecule has 0 N–H and O–H groups in total. The van der Waals surface area contributed by atoms with E-state index in [-0.39, 0.29) is 0 Å². The summed E-state index contributed by atoms with van der Waals surface area (Å²) < 4.78 is 12.8. The van der Waals surface area contributed by atoms with Crippen LogP contribution >= 0.6 is 0 Å². The van der Waals surface area contributed by atoms with E-state index in [1.165, 1.54) is 0 Å². The Kier molecular flexibility index (Phi) is 1.39. The minimum atomic E-state index is -0.521. The maximum Gasteiger partial charge on any atom is 0.237 e. The second-order valence-corrected chi connectivity index (χ2v) is 3.00. The molecule has 64 valence electrons. The van der Waals surface area contributed by atoms with E-state index in [0.29, 0.717) is 12.4 Å². The van der Waals surface area contributed by atoms with Crippen LogP contribution in [0, 0.1) is 6.92 Å². The van der Waals surface area contributed by atoms with Gasteiger partial charge in [0, 0.05) is 13.2 Å². The lowest BCUT2D eigenvalue weighted by molar-refractivity contribution is 0.298. The van der Waals surface area contributed by atoms with Crippen molar-refractivity contribution in [2.75, 3.05) is 25.1 Å². The highest BCUT2D eigenvalue weighted by molar-refractivity contribution is 5.56. The van der Waals surface area contributed by atoms with Crippen molar-refractivity contribution >= 4 is 5.69 Å². The molecule has 0 fully saturated rings. The third-order valence-electron chi connectivity index (χ3n) is 1.92. The highest BCUT2D eigenvalue weighted by Crippen LogP contribution is 2.28. The number of rotatable bonds is 0. The van der Waals surface area contributed by atoms with Crippen molar-refractivity contribution in [3.05, 3.63) is 17.8 Å². The number of hydrogen-bond acceptors (Lipinski definition) is 3. The Morgan fingerprint density at radius 3 is 3.42 bits per heavy atom. The largest absolute Gasteiger partial charge is 0.474 e. The van der Waals surface area contributed by atoms with Gasteiger partial charge in [0.05, 0.1) is 13.6 Å². The van der Waals surface area contributed by atoms with Gasteiger partial charge < -0.3 is 9.64 Å². The average Bonchev–Trinajstić information content (AvgIpc) is 2.06. The molecule has 12 heavy (non-hydrogen) atoms. The SMILES string of the molecule is [2H]C1CN(C)c2cc(C)cnc2O1. The van der Waals surface area contributed by atoms with Crippen molar-refractivity contribution in [2.45, 2.75) is 6.92 Å². The minimum Gasteiger partial charge on any atom is -0.474 e. The molecule has 0 amide bonds. The van der Waals surface area contributed by atoms with Crippen molar-refractivity contribution < 1.29 is 6.11 Å². The van der Waals surface area contributed by atoms with Gasteiger partial charge in [-0.15, -0.1) is 0 Å². The lowest BCUT2D eigenvalue weighted by Gasteiger charge is -2.26. The number of aryl methyl sites for hydroxylation is 1. The maximum atomic E-state index is 7.48. The van der Waals surface area contributed by atoms with E-state index in [4.69, 9.17) is 6.11 Å². The van der Waals surface area contributed by atoms with E-state index in [2.05, 4.69) is 4.98 Å². The summed E-state index contributed by atoms with van der Waals surface area (Å²) in [5.74, 6) is 0.569. The van der Waals surface area contributed by atoms with Crippen molar-refractivity contribution in [3.63, 3.8) is 0 Å². The minimum absolute atomic E-state index is 0.521.